The third kappa shape index (κ3) is 2.65. The number of hydrogen-bond acceptors (Lipinski definition) is 3. The summed E-state index contributed by atoms with van der Waals surface area (Å²) in [6.07, 6.45) is 0. The summed E-state index contributed by atoms with van der Waals surface area (Å²) in [6, 6.07) is 8.78. The van der Waals surface area contributed by atoms with Crippen LogP contribution in [0.1, 0.15) is 10.5 Å². The minimum atomic E-state index is -0.569. The molecule has 0 aliphatic rings. The lowest BCUT2D eigenvalue weighted by molar-refractivity contribution is 0.0594. The zero-order valence-corrected chi connectivity index (χ0v) is 10.2. The average Bonchev–Trinajstić information content (AvgIpc) is 2.38. The van der Waals surface area contributed by atoms with Crippen molar-refractivity contribution >= 4 is 17.6 Å². The van der Waals surface area contributed by atoms with Crippen molar-refractivity contribution in [3.8, 4) is 11.3 Å². The molecule has 0 spiro atoms. The lowest BCUT2D eigenvalue weighted by Crippen LogP contribution is -2.04. The second-order valence-corrected chi connectivity index (χ2v) is 3.99. The van der Waals surface area contributed by atoms with Crippen molar-refractivity contribution < 1.29 is 13.9 Å². The second-order valence-electron chi connectivity index (χ2n) is 3.55. The molecule has 1 heterocycles. The number of halogens is 2. The third-order valence-electron chi connectivity index (χ3n) is 2.32. The van der Waals surface area contributed by atoms with Crippen LogP contribution in [0.2, 0.25) is 5.02 Å². The molecule has 0 atom stereocenters. The molecule has 0 saturated carbocycles. The van der Waals surface area contributed by atoms with Gasteiger partial charge >= 0.3 is 5.97 Å². The van der Waals surface area contributed by atoms with Gasteiger partial charge in [-0.25, -0.2) is 14.2 Å². The highest BCUT2D eigenvalue weighted by Crippen LogP contribution is 2.22. The van der Waals surface area contributed by atoms with Crippen LogP contribution in [0, 0.1) is 5.82 Å². The van der Waals surface area contributed by atoms with E-state index in [0.717, 1.165) is 0 Å². The van der Waals surface area contributed by atoms with Crippen molar-refractivity contribution in [1.29, 1.82) is 0 Å². The first-order valence-electron chi connectivity index (χ1n) is 5.12. The van der Waals surface area contributed by atoms with Crippen LogP contribution >= 0.6 is 11.6 Å². The van der Waals surface area contributed by atoms with Crippen molar-refractivity contribution in [1.82, 2.24) is 4.98 Å². The van der Waals surface area contributed by atoms with Crippen LogP contribution in [-0.2, 0) is 4.74 Å². The molecule has 3 nitrogen and oxygen atoms in total. The van der Waals surface area contributed by atoms with E-state index in [4.69, 9.17) is 11.6 Å². The fraction of sp³-hybridized carbons (Fsp3) is 0.0769. The Kier molecular flexibility index (Phi) is 3.58. The molecule has 92 valence electrons. The minimum Gasteiger partial charge on any atom is -0.464 e. The predicted molar refractivity (Wildman–Crippen MR) is 66.0 cm³/mol. The van der Waals surface area contributed by atoms with Gasteiger partial charge in [-0.2, -0.15) is 0 Å². The summed E-state index contributed by atoms with van der Waals surface area (Å²) in [7, 11) is 1.27. The highest BCUT2D eigenvalue weighted by molar-refractivity contribution is 6.31. The maximum atomic E-state index is 12.8. The molecule has 0 aliphatic heterocycles. The van der Waals surface area contributed by atoms with E-state index in [1.807, 2.05) is 0 Å². The number of ether oxygens (including phenoxy) is 1. The van der Waals surface area contributed by atoms with E-state index >= 15 is 0 Å². The van der Waals surface area contributed by atoms with Crippen LogP contribution in [0.5, 0.6) is 0 Å². The van der Waals surface area contributed by atoms with Crippen LogP contribution < -0.4 is 0 Å². The van der Waals surface area contributed by atoms with E-state index in [1.54, 1.807) is 18.2 Å². The van der Waals surface area contributed by atoms with Crippen molar-refractivity contribution in [3.05, 3.63) is 52.9 Å². The predicted octanol–water partition coefficient (Wildman–Crippen LogP) is 3.33. The molecule has 0 amide bonds. The molecule has 1 aromatic carbocycles. The second kappa shape index (κ2) is 5.14. The molecule has 0 aliphatic carbocycles. The normalized spacial score (nSPS) is 10.2. The maximum absolute atomic E-state index is 12.8. The zero-order chi connectivity index (χ0) is 13.1. The lowest BCUT2D eigenvalue weighted by atomic mass is 10.1. The Hall–Kier alpha value is -1.94. The smallest absolute Gasteiger partial charge is 0.356 e. The fourth-order valence-corrected chi connectivity index (χ4v) is 1.68. The largest absolute Gasteiger partial charge is 0.464 e. The van der Waals surface area contributed by atoms with Crippen LogP contribution in [0.3, 0.4) is 0 Å². The van der Waals surface area contributed by atoms with Crippen molar-refractivity contribution in [2.75, 3.05) is 7.11 Å². The van der Waals surface area contributed by atoms with Crippen molar-refractivity contribution in [2.24, 2.45) is 0 Å². The number of carbonyl (C=O) groups is 1. The van der Waals surface area contributed by atoms with Gasteiger partial charge in [-0.15, -0.1) is 0 Å². The van der Waals surface area contributed by atoms with Gasteiger partial charge in [0.05, 0.1) is 12.8 Å². The standard InChI is InChI=1S/C13H9ClFNO2/c1-18-13(17)12-7-9(14)6-11(16-12)8-2-4-10(15)5-3-8/h2-7H,1H3. The highest BCUT2D eigenvalue weighted by Gasteiger charge is 2.11. The molecule has 0 unspecified atom stereocenters. The van der Waals surface area contributed by atoms with E-state index in [-0.39, 0.29) is 11.5 Å². The number of hydrogen-bond donors (Lipinski definition) is 0. The quantitative estimate of drug-likeness (QED) is 0.782. The van der Waals surface area contributed by atoms with Crippen molar-refractivity contribution in [3.63, 3.8) is 0 Å². The van der Waals surface area contributed by atoms with E-state index in [1.165, 1.54) is 25.3 Å². The third-order valence-corrected chi connectivity index (χ3v) is 2.54. The van der Waals surface area contributed by atoms with Gasteiger partial charge in [0.25, 0.3) is 0 Å². The number of carbonyl (C=O) groups excluding carboxylic acids is 1. The summed E-state index contributed by atoms with van der Waals surface area (Å²) in [6.45, 7) is 0. The molecule has 2 aromatic rings. The molecular weight excluding hydrogens is 257 g/mol. The number of aromatic nitrogens is 1. The number of benzene rings is 1. The first-order valence-corrected chi connectivity index (χ1v) is 5.50. The summed E-state index contributed by atoms with van der Waals surface area (Å²) in [5, 5.41) is 0.365. The molecule has 18 heavy (non-hydrogen) atoms. The molecular formula is C13H9ClFNO2. The highest BCUT2D eigenvalue weighted by atomic mass is 35.5. The molecule has 0 bridgehead atoms. The summed E-state index contributed by atoms with van der Waals surface area (Å²) in [4.78, 5) is 15.5. The van der Waals surface area contributed by atoms with E-state index in [0.29, 0.717) is 16.3 Å². The molecule has 0 N–H and O–H groups in total. The summed E-state index contributed by atoms with van der Waals surface area (Å²) in [5.74, 6) is -0.908. The first-order chi connectivity index (χ1) is 8.60. The van der Waals surface area contributed by atoms with Gasteiger partial charge in [0.1, 0.15) is 5.82 Å². The number of methoxy groups -OCH3 is 1. The number of rotatable bonds is 2. The Morgan fingerprint density at radius 1 is 1.28 bits per heavy atom. The Morgan fingerprint density at radius 3 is 2.56 bits per heavy atom. The first kappa shape index (κ1) is 12.5. The molecule has 0 fully saturated rings. The van der Waals surface area contributed by atoms with Gasteiger partial charge in [-0.05, 0) is 36.4 Å². The molecule has 5 heteroatoms. The van der Waals surface area contributed by atoms with Gasteiger partial charge in [0.15, 0.2) is 5.69 Å². The Bertz CT molecular complexity index is 584. The summed E-state index contributed by atoms with van der Waals surface area (Å²) < 4.78 is 17.4. The summed E-state index contributed by atoms with van der Waals surface area (Å²) in [5.41, 5.74) is 1.27. The monoisotopic (exact) mass is 265 g/mol. The van der Waals surface area contributed by atoms with Crippen molar-refractivity contribution in [2.45, 2.75) is 0 Å². The SMILES string of the molecule is COC(=O)c1cc(Cl)cc(-c2ccc(F)cc2)n1. The average molecular weight is 266 g/mol. The lowest BCUT2D eigenvalue weighted by Gasteiger charge is -2.05. The van der Waals surface area contributed by atoms with Gasteiger partial charge in [0, 0.05) is 10.6 Å². The topological polar surface area (TPSA) is 39.2 Å². The molecule has 0 saturated heterocycles. The van der Waals surface area contributed by atoms with E-state index < -0.39 is 5.97 Å². The fourth-order valence-electron chi connectivity index (χ4n) is 1.47. The Balaban J connectivity index is 2.48. The minimum absolute atomic E-state index is 0.115. The number of pyridine rings is 1. The molecule has 2 rings (SSSR count). The Morgan fingerprint density at radius 2 is 1.94 bits per heavy atom. The van der Waals surface area contributed by atoms with Crippen LogP contribution in [0.25, 0.3) is 11.3 Å². The summed E-state index contributed by atoms with van der Waals surface area (Å²) >= 11 is 5.91. The molecule has 1 aromatic heterocycles. The maximum Gasteiger partial charge on any atom is 0.356 e. The number of esters is 1. The van der Waals surface area contributed by atoms with Crippen LogP contribution in [0.15, 0.2) is 36.4 Å². The van der Waals surface area contributed by atoms with Gasteiger partial charge in [-0.1, -0.05) is 11.6 Å². The van der Waals surface area contributed by atoms with Crippen LogP contribution in [-0.4, -0.2) is 18.1 Å². The number of nitrogens with zero attached hydrogens (tertiary/aromatic N) is 1. The zero-order valence-electron chi connectivity index (χ0n) is 9.48. The van der Waals surface area contributed by atoms with E-state index in [2.05, 4.69) is 9.72 Å². The Labute approximate surface area is 108 Å². The van der Waals surface area contributed by atoms with E-state index in [9.17, 15) is 9.18 Å². The van der Waals surface area contributed by atoms with Gasteiger partial charge in [-0.3, -0.25) is 0 Å². The molecule has 0 radical (unpaired) electrons. The van der Waals surface area contributed by atoms with Gasteiger partial charge < -0.3 is 4.74 Å². The van der Waals surface area contributed by atoms with Crippen LogP contribution in [0.4, 0.5) is 4.39 Å². The van der Waals surface area contributed by atoms with Gasteiger partial charge in [0.2, 0.25) is 0 Å².